The van der Waals surface area contributed by atoms with E-state index in [1.54, 1.807) is 36.6 Å². The van der Waals surface area contributed by atoms with Crippen LogP contribution in [0.25, 0.3) is 0 Å². The van der Waals surface area contributed by atoms with Crippen LogP contribution in [0.4, 0.5) is 0 Å². The summed E-state index contributed by atoms with van der Waals surface area (Å²) < 4.78 is 5.23. The molecule has 2 N–H and O–H groups in total. The second-order valence-electron chi connectivity index (χ2n) is 4.66. The van der Waals surface area contributed by atoms with Crippen LogP contribution < -0.4 is 5.32 Å². The molecule has 0 aliphatic rings. The number of aromatic nitrogens is 1. The molecule has 0 bridgehead atoms. The molecular formula is C15H18N2O3S. The molecule has 0 fully saturated rings. The van der Waals surface area contributed by atoms with E-state index in [0.717, 1.165) is 16.3 Å². The molecule has 0 saturated heterocycles. The second-order valence-corrected chi connectivity index (χ2v) is 5.55. The van der Waals surface area contributed by atoms with E-state index in [1.165, 1.54) is 0 Å². The van der Waals surface area contributed by atoms with Gasteiger partial charge in [-0.15, -0.1) is 11.3 Å². The Hall–Kier alpha value is -1.76. The van der Waals surface area contributed by atoms with Gasteiger partial charge in [0.05, 0.1) is 11.3 Å². The van der Waals surface area contributed by atoms with E-state index in [0.29, 0.717) is 18.7 Å². The topological polar surface area (TPSA) is 71.5 Å². The van der Waals surface area contributed by atoms with E-state index < -0.39 is 5.97 Å². The quantitative estimate of drug-likeness (QED) is 0.823. The highest BCUT2D eigenvalue weighted by Gasteiger charge is 2.09. The highest BCUT2D eigenvalue weighted by molar-refractivity contribution is 7.09. The summed E-state index contributed by atoms with van der Waals surface area (Å²) in [5.41, 5.74) is 2.21. The maximum Gasteiger partial charge on any atom is 0.335 e. The Balaban J connectivity index is 1.88. The van der Waals surface area contributed by atoms with Gasteiger partial charge in [-0.05, 0) is 24.6 Å². The van der Waals surface area contributed by atoms with Crippen LogP contribution in [0.3, 0.4) is 0 Å². The number of hydrogen-bond donors (Lipinski definition) is 2. The van der Waals surface area contributed by atoms with Crippen LogP contribution in [-0.4, -0.2) is 23.2 Å². The predicted octanol–water partition coefficient (Wildman–Crippen LogP) is 2.84. The van der Waals surface area contributed by atoms with Gasteiger partial charge in [-0.2, -0.15) is 0 Å². The summed E-state index contributed by atoms with van der Waals surface area (Å²) in [6.07, 6.45) is 0.0102. The Morgan fingerprint density at radius 2 is 2.29 bits per heavy atom. The molecule has 21 heavy (non-hydrogen) atoms. The van der Waals surface area contributed by atoms with Gasteiger partial charge in [-0.25, -0.2) is 9.78 Å². The van der Waals surface area contributed by atoms with E-state index >= 15 is 0 Å². The molecule has 6 heteroatoms. The number of aromatic carboxylic acids is 1. The van der Waals surface area contributed by atoms with Crippen LogP contribution in [0.5, 0.6) is 0 Å². The van der Waals surface area contributed by atoms with Crippen molar-refractivity contribution in [1.29, 1.82) is 0 Å². The number of hydrogen-bond acceptors (Lipinski definition) is 5. The van der Waals surface area contributed by atoms with Crippen LogP contribution in [0, 0.1) is 0 Å². The number of thiazole rings is 1. The minimum absolute atomic E-state index is 0.0102. The predicted molar refractivity (Wildman–Crippen MR) is 81.5 cm³/mol. The lowest BCUT2D eigenvalue weighted by atomic mass is 10.1. The number of benzene rings is 1. The average Bonchev–Trinajstić information content (AvgIpc) is 2.95. The van der Waals surface area contributed by atoms with Gasteiger partial charge < -0.3 is 15.2 Å². The number of rotatable bonds is 7. The first kappa shape index (κ1) is 15.6. The fourth-order valence-corrected chi connectivity index (χ4v) is 2.69. The van der Waals surface area contributed by atoms with Gasteiger partial charge in [0, 0.05) is 25.6 Å². The van der Waals surface area contributed by atoms with E-state index in [9.17, 15) is 4.79 Å². The smallest absolute Gasteiger partial charge is 0.335 e. The summed E-state index contributed by atoms with van der Waals surface area (Å²) in [7, 11) is 1.67. The highest BCUT2D eigenvalue weighted by atomic mass is 32.1. The monoisotopic (exact) mass is 306 g/mol. The molecular weight excluding hydrogens is 288 g/mol. The third-order valence-corrected chi connectivity index (χ3v) is 4.13. The Kier molecular flexibility index (Phi) is 5.44. The van der Waals surface area contributed by atoms with Crippen molar-refractivity contribution in [3.8, 4) is 0 Å². The average molecular weight is 306 g/mol. The van der Waals surface area contributed by atoms with Gasteiger partial charge in [0.2, 0.25) is 0 Å². The number of carbonyl (C=O) groups is 1. The van der Waals surface area contributed by atoms with E-state index in [-0.39, 0.29) is 6.10 Å². The van der Waals surface area contributed by atoms with Crippen LogP contribution in [0.1, 0.15) is 39.7 Å². The zero-order chi connectivity index (χ0) is 15.2. The standard InChI is InChI=1S/C15H18N2O3S/c1-10(20-2)14-17-13(9-21-14)8-16-7-11-4-3-5-12(6-11)15(18)19/h3-6,9-10,16H,7-8H2,1-2H3,(H,18,19). The van der Waals surface area contributed by atoms with Gasteiger partial charge >= 0.3 is 5.97 Å². The van der Waals surface area contributed by atoms with Crippen LogP contribution >= 0.6 is 11.3 Å². The number of ether oxygens (including phenoxy) is 1. The van der Waals surface area contributed by atoms with Crippen molar-refractivity contribution in [2.75, 3.05) is 7.11 Å². The molecule has 0 aliphatic carbocycles. The fourth-order valence-electron chi connectivity index (χ4n) is 1.84. The Bertz CT molecular complexity index is 612. The van der Waals surface area contributed by atoms with Crippen molar-refractivity contribution >= 4 is 17.3 Å². The first-order valence-electron chi connectivity index (χ1n) is 6.60. The summed E-state index contributed by atoms with van der Waals surface area (Å²) in [6, 6.07) is 6.92. The number of nitrogens with zero attached hydrogens (tertiary/aromatic N) is 1. The molecule has 1 aromatic heterocycles. The number of nitrogens with one attached hydrogen (secondary N) is 1. The van der Waals surface area contributed by atoms with Crippen LogP contribution in [0.2, 0.25) is 0 Å². The van der Waals surface area contributed by atoms with E-state index in [2.05, 4.69) is 10.3 Å². The summed E-state index contributed by atoms with van der Waals surface area (Å²) in [4.78, 5) is 15.4. The summed E-state index contributed by atoms with van der Waals surface area (Å²) in [5, 5.41) is 15.2. The third-order valence-electron chi connectivity index (χ3n) is 3.08. The lowest BCUT2D eigenvalue weighted by Crippen LogP contribution is -2.13. The number of carboxylic acid groups (broad SMARTS) is 1. The van der Waals surface area contributed by atoms with E-state index in [1.807, 2.05) is 18.4 Å². The van der Waals surface area contributed by atoms with Crippen molar-refractivity contribution in [2.24, 2.45) is 0 Å². The molecule has 2 rings (SSSR count). The molecule has 1 atom stereocenters. The molecule has 2 aromatic rings. The van der Waals surface area contributed by atoms with Gasteiger partial charge in [0.25, 0.3) is 0 Å². The zero-order valence-corrected chi connectivity index (χ0v) is 12.8. The molecule has 1 unspecified atom stereocenters. The van der Waals surface area contributed by atoms with Gasteiger partial charge in [0.1, 0.15) is 11.1 Å². The van der Waals surface area contributed by atoms with Crippen molar-refractivity contribution in [1.82, 2.24) is 10.3 Å². The SMILES string of the molecule is COC(C)c1nc(CNCc2cccc(C(=O)O)c2)cs1. The maximum absolute atomic E-state index is 10.9. The molecule has 0 radical (unpaired) electrons. The van der Waals surface area contributed by atoms with Gasteiger partial charge in [-0.1, -0.05) is 12.1 Å². The largest absolute Gasteiger partial charge is 0.478 e. The van der Waals surface area contributed by atoms with Crippen molar-refractivity contribution < 1.29 is 14.6 Å². The summed E-state index contributed by atoms with van der Waals surface area (Å²) in [5.74, 6) is -0.908. The molecule has 0 saturated carbocycles. The summed E-state index contributed by atoms with van der Waals surface area (Å²) >= 11 is 1.58. The second kappa shape index (κ2) is 7.31. The van der Waals surface area contributed by atoms with Gasteiger partial charge in [-0.3, -0.25) is 0 Å². The molecule has 1 aromatic carbocycles. The third kappa shape index (κ3) is 4.35. The molecule has 0 amide bonds. The molecule has 0 spiro atoms. The van der Waals surface area contributed by atoms with Crippen molar-refractivity contribution in [3.63, 3.8) is 0 Å². The Labute approximate surface area is 127 Å². The van der Waals surface area contributed by atoms with E-state index in [4.69, 9.17) is 9.84 Å². The fraction of sp³-hybridized carbons (Fsp3) is 0.333. The molecule has 0 aliphatic heterocycles. The maximum atomic E-state index is 10.9. The summed E-state index contributed by atoms with van der Waals surface area (Å²) in [6.45, 7) is 3.21. The van der Waals surface area contributed by atoms with Crippen LogP contribution in [-0.2, 0) is 17.8 Å². The lowest BCUT2D eigenvalue weighted by Gasteiger charge is -2.05. The Morgan fingerprint density at radius 1 is 1.48 bits per heavy atom. The minimum atomic E-state index is -0.908. The van der Waals surface area contributed by atoms with Gasteiger partial charge in [0.15, 0.2) is 0 Å². The lowest BCUT2D eigenvalue weighted by molar-refractivity contribution is 0.0696. The first-order valence-corrected chi connectivity index (χ1v) is 7.48. The first-order chi connectivity index (χ1) is 10.1. The molecule has 5 nitrogen and oxygen atoms in total. The minimum Gasteiger partial charge on any atom is -0.478 e. The Morgan fingerprint density at radius 3 is 3.00 bits per heavy atom. The normalized spacial score (nSPS) is 12.3. The van der Waals surface area contributed by atoms with Crippen molar-refractivity contribution in [3.05, 3.63) is 51.5 Å². The molecule has 112 valence electrons. The van der Waals surface area contributed by atoms with Crippen LogP contribution in [0.15, 0.2) is 29.6 Å². The van der Waals surface area contributed by atoms with Crippen molar-refractivity contribution in [2.45, 2.75) is 26.1 Å². The number of carboxylic acids is 1. The number of methoxy groups -OCH3 is 1. The highest BCUT2D eigenvalue weighted by Crippen LogP contribution is 2.20. The zero-order valence-electron chi connectivity index (χ0n) is 12.0. The molecule has 1 heterocycles.